The molecule has 0 bridgehead atoms. The maximum absolute atomic E-state index is 12.5. The van der Waals surface area contributed by atoms with Crippen molar-refractivity contribution in [2.75, 3.05) is 11.1 Å². The zero-order chi connectivity index (χ0) is 25.3. The number of nitrogens with two attached hydrogens (primary N) is 1. The van der Waals surface area contributed by atoms with Crippen LogP contribution in [0.15, 0.2) is 6.33 Å². The molecule has 0 amide bonds. The SMILES string of the molecule is CC(C)OC(=O)[C@H](C)N[PH](=O)OC1[C@H]2O[C@@H](n3cnc4c(NC5CC5)nc(N)nc43)[C@](C)(O)[C@@]12O. The number of anilines is 2. The van der Waals surface area contributed by atoms with Crippen molar-refractivity contribution in [3.8, 4) is 0 Å². The Hall–Kier alpha value is -2.35. The molecule has 1 saturated heterocycles. The van der Waals surface area contributed by atoms with E-state index in [1.807, 2.05) is 0 Å². The summed E-state index contributed by atoms with van der Waals surface area (Å²) in [6.07, 6.45) is 0.0719. The first kappa shape index (κ1) is 24.3. The number of hydrogen-bond acceptors (Lipinski definition) is 12. The Morgan fingerprint density at radius 3 is 2.66 bits per heavy atom. The second-order valence-electron chi connectivity index (χ2n) is 9.73. The first-order chi connectivity index (χ1) is 16.4. The smallest absolute Gasteiger partial charge is 0.323 e. The molecule has 192 valence electrons. The highest BCUT2D eigenvalue weighted by atomic mass is 31.1. The lowest BCUT2D eigenvalue weighted by atomic mass is 9.95. The van der Waals surface area contributed by atoms with Crippen LogP contribution in [0.5, 0.6) is 0 Å². The number of aromatic nitrogens is 4. The van der Waals surface area contributed by atoms with E-state index in [2.05, 4.69) is 25.4 Å². The number of nitrogens with one attached hydrogen (secondary N) is 2. The van der Waals surface area contributed by atoms with Gasteiger partial charge in [0.2, 0.25) is 5.95 Å². The Labute approximate surface area is 201 Å². The molecule has 3 fully saturated rings. The molecule has 2 saturated carbocycles. The van der Waals surface area contributed by atoms with Gasteiger partial charge in [-0.3, -0.25) is 13.9 Å². The summed E-state index contributed by atoms with van der Waals surface area (Å²) in [5.74, 6) is -0.0603. The van der Waals surface area contributed by atoms with E-state index in [0.717, 1.165) is 12.8 Å². The molecule has 2 aromatic heterocycles. The van der Waals surface area contributed by atoms with Crippen molar-refractivity contribution in [3.63, 3.8) is 0 Å². The normalized spacial score (nSPS) is 33.5. The molecule has 3 heterocycles. The van der Waals surface area contributed by atoms with Crippen molar-refractivity contribution < 1.29 is 33.6 Å². The van der Waals surface area contributed by atoms with E-state index in [1.165, 1.54) is 24.7 Å². The van der Waals surface area contributed by atoms with Crippen molar-refractivity contribution in [3.05, 3.63) is 6.33 Å². The van der Waals surface area contributed by atoms with Gasteiger partial charge in [-0.15, -0.1) is 0 Å². The number of rotatable bonds is 9. The molecule has 2 unspecified atom stereocenters. The van der Waals surface area contributed by atoms with E-state index in [9.17, 15) is 19.6 Å². The lowest BCUT2D eigenvalue weighted by Gasteiger charge is -2.33. The molecule has 0 aromatic carbocycles. The fraction of sp³-hybridized carbons (Fsp3) is 0.700. The zero-order valence-corrected chi connectivity index (χ0v) is 20.8. The van der Waals surface area contributed by atoms with E-state index in [0.29, 0.717) is 23.0 Å². The third kappa shape index (κ3) is 4.07. The van der Waals surface area contributed by atoms with E-state index in [1.54, 1.807) is 13.8 Å². The standard InChI is InChI=1S/C20H30N7O7P/c1-8(2)32-16(28)9(3)26-35(31)34-13-12-20(13,30)19(4,29)17(33-12)27-7-22-11-14(23-10-5-6-10)24-18(21)25-15(11)27/h7-10,12-13,17,29-30,35H,5-6H2,1-4H3,(H,26,31)(H3,21,23,24,25)/t9-,12+,13?,17+,19-,20-/m0/s1. The first-order valence-electron chi connectivity index (χ1n) is 11.5. The first-order valence-corrected chi connectivity index (χ1v) is 12.8. The van der Waals surface area contributed by atoms with Crippen LogP contribution in [-0.4, -0.2) is 77.3 Å². The van der Waals surface area contributed by atoms with Gasteiger partial charge < -0.3 is 35.3 Å². The van der Waals surface area contributed by atoms with Gasteiger partial charge in [-0.2, -0.15) is 9.97 Å². The van der Waals surface area contributed by atoms with Crippen LogP contribution < -0.4 is 16.1 Å². The van der Waals surface area contributed by atoms with Gasteiger partial charge in [0.25, 0.3) is 8.18 Å². The Morgan fingerprint density at radius 1 is 1.34 bits per heavy atom. The number of carbonyl (C=O) groups excluding carboxylic acids is 1. The predicted octanol–water partition coefficient (Wildman–Crippen LogP) is 0.0805. The summed E-state index contributed by atoms with van der Waals surface area (Å²) in [7, 11) is -2.97. The quantitative estimate of drug-likeness (QED) is 0.224. The molecule has 2 aliphatic carbocycles. The predicted molar refractivity (Wildman–Crippen MR) is 124 cm³/mol. The van der Waals surface area contributed by atoms with E-state index in [4.69, 9.17) is 19.7 Å². The summed E-state index contributed by atoms with van der Waals surface area (Å²) in [4.78, 5) is 24.8. The molecule has 7 atom stereocenters. The number of hydrogen-bond donors (Lipinski definition) is 5. The van der Waals surface area contributed by atoms with Crippen LogP contribution >= 0.6 is 8.18 Å². The highest BCUT2D eigenvalue weighted by molar-refractivity contribution is 7.36. The van der Waals surface area contributed by atoms with Gasteiger partial charge in [0.15, 0.2) is 28.8 Å². The molecule has 2 aromatic rings. The minimum absolute atomic E-state index is 0.0277. The van der Waals surface area contributed by atoms with Crippen LogP contribution in [0.25, 0.3) is 11.2 Å². The monoisotopic (exact) mass is 511 g/mol. The molecule has 15 heteroatoms. The number of nitrogen functional groups attached to an aromatic ring is 1. The zero-order valence-electron chi connectivity index (χ0n) is 19.8. The minimum Gasteiger partial charge on any atom is -0.462 e. The number of imidazole rings is 1. The maximum atomic E-state index is 12.5. The lowest BCUT2D eigenvalue weighted by molar-refractivity contribution is -0.154. The summed E-state index contributed by atoms with van der Waals surface area (Å²) in [6, 6.07) is -0.575. The second kappa shape index (κ2) is 8.36. The third-order valence-corrected chi connectivity index (χ3v) is 7.62. The van der Waals surface area contributed by atoms with Gasteiger partial charge in [-0.1, -0.05) is 0 Å². The number of fused-ring (bicyclic) bond motifs is 2. The number of esters is 1. The number of carbonyl (C=O) groups is 1. The molecule has 6 N–H and O–H groups in total. The fourth-order valence-corrected chi connectivity index (χ4v) is 5.44. The molecular weight excluding hydrogens is 481 g/mol. The highest BCUT2D eigenvalue weighted by Crippen LogP contribution is 2.62. The highest BCUT2D eigenvalue weighted by Gasteiger charge is 2.83. The van der Waals surface area contributed by atoms with Gasteiger partial charge >= 0.3 is 5.97 Å². The summed E-state index contributed by atoms with van der Waals surface area (Å²) in [5.41, 5.74) is 2.99. The van der Waals surface area contributed by atoms with Crippen molar-refractivity contribution in [1.29, 1.82) is 0 Å². The Kier molecular flexibility index (Phi) is 5.81. The fourth-order valence-electron chi connectivity index (χ4n) is 4.37. The summed E-state index contributed by atoms with van der Waals surface area (Å²) >= 11 is 0. The van der Waals surface area contributed by atoms with Crippen molar-refractivity contribution in [1.82, 2.24) is 24.6 Å². The average molecular weight is 511 g/mol. The summed E-state index contributed by atoms with van der Waals surface area (Å²) < 4.78 is 30.4. The van der Waals surface area contributed by atoms with Crippen LogP contribution in [0.4, 0.5) is 11.8 Å². The average Bonchev–Trinajstić information content (AvgIpc) is 3.60. The van der Waals surface area contributed by atoms with Gasteiger partial charge in [0.05, 0.1) is 12.4 Å². The molecule has 14 nitrogen and oxygen atoms in total. The topological polar surface area (TPSA) is 196 Å². The molecule has 0 radical (unpaired) electrons. The largest absolute Gasteiger partial charge is 0.462 e. The molecule has 5 rings (SSSR count). The van der Waals surface area contributed by atoms with Crippen molar-refractivity contribution in [2.45, 2.75) is 88.4 Å². The Balaban J connectivity index is 1.30. The van der Waals surface area contributed by atoms with Crippen molar-refractivity contribution >= 4 is 37.1 Å². The van der Waals surface area contributed by atoms with Crippen LogP contribution in [0.3, 0.4) is 0 Å². The Bertz CT molecular complexity index is 1190. The maximum Gasteiger partial charge on any atom is 0.323 e. The van der Waals surface area contributed by atoms with Gasteiger partial charge in [-0.25, -0.2) is 10.1 Å². The van der Waals surface area contributed by atoms with E-state index < -0.39 is 49.8 Å². The molecular formula is C20H30N7O7P. The second-order valence-corrected chi connectivity index (χ2v) is 10.8. The van der Waals surface area contributed by atoms with Crippen LogP contribution in [0, 0.1) is 0 Å². The number of ether oxygens (including phenoxy) is 2. The molecule has 3 aliphatic rings. The van der Waals surface area contributed by atoms with E-state index in [-0.39, 0.29) is 12.1 Å². The van der Waals surface area contributed by atoms with Crippen LogP contribution in [-0.2, 0) is 23.4 Å². The van der Waals surface area contributed by atoms with Gasteiger partial charge in [0.1, 0.15) is 23.9 Å². The van der Waals surface area contributed by atoms with Crippen LogP contribution in [0.2, 0.25) is 0 Å². The minimum atomic E-state index is -2.97. The Morgan fingerprint density at radius 2 is 2.06 bits per heavy atom. The number of nitrogens with zero attached hydrogens (tertiary/aromatic N) is 4. The molecule has 1 aliphatic heterocycles. The van der Waals surface area contributed by atoms with Gasteiger partial charge in [-0.05, 0) is 40.5 Å². The van der Waals surface area contributed by atoms with E-state index >= 15 is 0 Å². The lowest BCUT2D eigenvalue weighted by Crippen LogP contribution is -2.48. The summed E-state index contributed by atoms with van der Waals surface area (Å²) in [6.45, 7) is 6.30. The molecule has 0 spiro atoms. The summed E-state index contributed by atoms with van der Waals surface area (Å²) in [5, 5.41) is 28.3. The van der Waals surface area contributed by atoms with Crippen LogP contribution in [0.1, 0.15) is 46.8 Å². The molecule has 35 heavy (non-hydrogen) atoms. The van der Waals surface area contributed by atoms with Crippen molar-refractivity contribution in [2.24, 2.45) is 0 Å². The van der Waals surface area contributed by atoms with Gasteiger partial charge in [0, 0.05) is 6.04 Å². The number of aliphatic hydroxyl groups is 2. The third-order valence-electron chi connectivity index (χ3n) is 6.48.